The molecule has 1 aliphatic heterocycles. The van der Waals surface area contributed by atoms with Gasteiger partial charge in [-0.15, -0.1) is 0 Å². The van der Waals surface area contributed by atoms with E-state index in [9.17, 15) is 36.6 Å². The van der Waals surface area contributed by atoms with Crippen molar-refractivity contribution in [1.82, 2.24) is 10.6 Å². The van der Waals surface area contributed by atoms with Gasteiger partial charge in [0.2, 0.25) is 0 Å². The third kappa shape index (κ3) is 5.35. The summed E-state index contributed by atoms with van der Waals surface area (Å²) in [6.45, 7) is -2.24. The Morgan fingerprint density at radius 1 is 0.971 bits per heavy atom. The summed E-state index contributed by atoms with van der Waals surface area (Å²) in [6.07, 6.45) is -7.38. The van der Waals surface area contributed by atoms with E-state index in [-0.39, 0.29) is 13.2 Å². The smallest absolute Gasteiger partial charge is 0.394 e. The molecule has 1 aliphatic rings. The molecule has 2 aromatic carbocycles. The number of fused-ring (bicyclic) bond motifs is 3. The first-order valence-corrected chi connectivity index (χ1v) is 10.3. The second-order valence-corrected chi connectivity index (χ2v) is 7.78. The number of benzene rings is 2. The number of hydrogen-bond donors (Lipinski definition) is 3. The number of nitrogens with one attached hydrogen (secondary N) is 2. The molecule has 0 saturated carbocycles. The van der Waals surface area contributed by atoms with Crippen LogP contribution in [0.3, 0.4) is 0 Å². The van der Waals surface area contributed by atoms with Crippen LogP contribution in [0.1, 0.15) is 18.7 Å². The number of hydroxylamine groups is 1. The number of hydrogen-bond acceptors (Lipinski definition) is 5. The van der Waals surface area contributed by atoms with Crippen molar-refractivity contribution in [3.8, 4) is 11.1 Å². The Labute approximate surface area is 195 Å². The maximum atomic E-state index is 15.0. The van der Waals surface area contributed by atoms with Crippen molar-refractivity contribution in [2.24, 2.45) is 0 Å². The van der Waals surface area contributed by atoms with E-state index in [4.69, 9.17) is 4.84 Å². The maximum absolute atomic E-state index is 15.0. The van der Waals surface area contributed by atoms with Gasteiger partial charge in [-0.05, 0) is 18.6 Å². The van der Waals surface area contributed by atoms with E-state index < -0.39 is 42.4 Å². The summed E-state index contributed by atoms with van der Waals surface area (Å²) in [5, 5.41) is 14.0. The number of alkyl halides is 6. The number of amides is 2. The Kier molecular flexibility index (Phi) is 7.31. The first-order chi connectivity index (χ1) is 16.3. The zero-order chi connectivity index (χ0) is 26.0. The van der Waals surface area contributed by atoms with Crippen molar-refractivity contribution in [3.63, 3.8) is 0 Å². The fourth-order valence-corrected chi connectivity index (χ4v) is 3.31. The topological polar surface area (TPSA) is 90.9 Å². The van der Waals surface area contributed by atoms with Crippen LogP contribution in [0.25, 0.3) is 11.1 Å². The van der Waals surface area contributed by atoms with Crippen molar-refractivity contribution in [1.29, 1.82) is 0 Å². The first kappa shape index (κ1) is 26.3. The largest absolute Gasteiger partial charge is 0.455 e. The fourth-order valence-electron chi connectivity index (χ4n) is 3.31. The molecule has 35 heavy (non-hydrogen) atoms. The lowest BCUT2D eigenvalue weighted by Crippen LogP contribution is -2.56. The van der Waals surface area contributed by atoms with Gasteiger partial charge in [-0.2, -0.15) is 22.0 Å². The predicted octanol–water partition coefficient (Wildman–Crippen LogP) is 3.25. The Morgan fingerprint density at radius 3 is 2.20 bits per heavy atom. The second kappa shape index (κ2) is 9.74. The number of rotatable bonds is 7. The van der Waals surface area contributed by atoms with Gasteiger partial charge < -0.3 is 15.7 Å². The normalized spacial score (nSPS) is 17.5. The minimum Gasteiger partial charge on any atom is -0.394 e. The van der Waals surface area contributed by atoms with Crippen LogP contribution in [-0.4, -0.2) is 54.4 Å². The molecule has 0 unspecified atom stereocenters. The molecule has 190 valence electrons. The van der Waals surface area contributed by atoms with Crippen molar-refractivity contribution >= 4 is 17.5 Å². The molecule has 2 amide bonds. The molecule has 13 heteroatoms. The minimum absolute atomic E-state index is 0.0583. The van der Waals surface area contributed by atoms with E-state index >= 15 is 4.39 Å². The molecule has 7 nitrogen and oxygen atoms in total. The number of aliphatic hydroxyl groups excluding tert-OH is 1. The molecular weight excluding hydrogens is 484 g/mol. The van der Waals surface area contributed by atoms with Gasteiger partial charge >= 0.3 is 12.1 Å². The van der Waals surface area contributed by atoms with E-state index in [2.05, 4.69) is 5.32 Å². The molecule has 0 saturated heterocycles. The molecule has 2 atom stereocenters. The zero-order valence-electron chi connectivity index (χ0n) is 18.2. The van der Waals surface area contributed by atoms with Crippen LogP contribution >= 0.6 is 0 Å². The van der Waals surface area contributed by atoms with Gasteiger partial charge in [0, 0.05) is 11.1 Å². The molecule has 0 aromatic heterocycles. The van der Waals surface area contributed by atoms with Gasteiger partial charge in [-0.25, -0.2) is 14.3 Å². The van der Waals surface area contributed by atoms with Crippen LogP contribution in [0, 0.1) is 0 Å². The summed E-state index contributed by atoms with van der Waals surface area (Å²) in [5.74, 6) is -8.95. The maximum Gasteiger partial charge on any atom is 0.455 e. The lowest BCUT2D eigenvalue weighted by molar-refractivity contribution is -0.278. The molecule has 0 bridgehead atoms. The SMILES string of the molecule is C[C@](F)(C(=O)NCC(F)(F)C(F)(F)F)C(=O)N[C@H]1ON(CCO)c2ccccc2-c2ccccc21. The number of carbonyl (C=O) groups excluding carboxylic acids is 2. The number of β-amino-alcohol motifs (C(OH)–C–C–N with tert-alkyl or cyclic N) is 1. The zero-order valence-corrected chi connectivity index (χ0v) is 18.2. The first-order valence-electron chi connectivity index (χ1n) is 10.3. The summed E-state index contributed by atoms with van der Waals surface area (Å²) in [4.78, 5) is 30.5. The quantitative estimate of drug-likeness (QED) is 0.397. The van der Waals surface area contributed by atoms with Gasteiger partial charge in [0.15, 0.2) is 6.23 Å². The van der Waals surface area contributed by atoms with Gasteiger partial charge in [-0.1, -0.05) is 42.5 Å². The number of para-hydroxylation sites is 1. The second-order valence-electron chi connectivity index (χ2n) is 7.78. The van der Waals surface area contributed by atoms with E-state index in [1.54, 1.807) is 48.5 Å². The fraction of sp³-hybridized carbons (Fsp3) is 0.364. The van der Waals surface area contributed by atoms with Gasteiger partial charge in [0.1, 0.15) is 0 Å². The van der Waals surface area contributed by atoms with Gasteiger partial charge in [-0.3, -0.25) is 9.59 Å². The van der Waals surface area contributed by atoms with Crippen LogP contribution < -0.4 is 15.7 Å². The number of halogens is 6. The predicted molar refractivity (Wildman–Crippen MR) is 112 cm³/mol. The molecule has 1 heterocycles. The Hall–Kier alpha value is -3.32. The molecule has 0 fully saturated rings. The highest BCUT2D eigenvalue weighted by atomic mass is 19.4. The highest BCUT2D eigenvalue weighted by Gasteiger charge is 2.58. The summed E-state index contributed by atoms with van der Waals surface area (Å²) in [6, 6.07) is 13.4. The Bertz CT molecular complexity index is 1090. The number of carbonyl (C=O) groups is 2. The van der Waals surface area contributed by atoms with Crippen LogP contribution in [-0.2, 0) is 14.4 Å². The third-order valence-electron chi connectivity index (χ3n) is 5.24. The minimum atomic E-state index is -5.97. The average molecular weight is 505 g/mol. The molecule has 3 rings (SSSR count). The monoisotopic (exact) mass is 505 g/mol. The van der Waals surface area contributed by atoms with E-state index in [0.717, 1.165) is 5.32 Å². The van der Waals surface area contributed by atoms with Crippen LogP contribution in [0.4, 0.5) is 32.0 Å². The summed E-state index contributed by atoms with van der Waals surface area (Å²) in [5.41, 5.74) is -1.44. The molecule has 0 aliphatic carbocycles. The average Bonchev–Trinajstić information content (AvgIpc) is 2.92. The standard InChI is InChI=1S/C22H21F6N3O4/c1-20(23,18(33)29-12-21(24,25)22(26,27)28)19(34)30-17-15-8-3-2-6-13(15)14-7-4-5-9-16(14)31(35-17)10-11-32/h2-9,17,32H,10-12H2,1H3,(H,29,33)(H,30,34)/t17-,20-/m0/s1. The molecular formula is C22H21F6N3O4. The number of anilines is 1. The summed E-state index contributed by atoms with van der Waals surface area (Å²) in [7, 11) is 0. The summed E-state index contributed by atoms with van der Waals surface area (Å²) >= 11 is 0. The Morgan fingerprint density at radius 2 is 1.57 bits per heavy atom. The van der Waals surface area contributed by atoms with Crippen molar-refractivity contribution < 1.29 is 45.9 Å². The third-order valence-corrected chi connectivity index (χ3v) is 5.24. The van der Waals surface area contributed by atoms with Crippen molar-refractivity contribution in [2.75, 3.05) is 24.8 Å². The van der Waals surface area contributed by atoms with E-state index in [0.29, 0.717) is 29.3 Å². The lowest BCUT2D eigenvalue weighted by Gasteiger charge is -2.29. The van der Waals surface area contributed by atoms with Crippen LogP contribution in [0.5, 0.6) is 0 Å². The highest BCUT2D eigenvalue weighted by molar-refractivity contribution is 6.08. The Balaban J connectivity index is 1.85. The van der Waals surface area contributed by atoms with Gasteiger partial charge in [0.25, 0.3) is 17.5 Å². The molecule has 2 aromatic rings. The number of aliphatic hydroxyl groups is 1. The van der Waals surface area contributed by atoms with Crippen LogP contribution in [0.2, 0.25) is 0 Å². The highest BCUT2D eigenvalue weighted by Crippen LogP contribution is 2.40. The number of nitrogens with zero attached hydrogens (tertiary/aromatic N) is 1. The van der Waals surface area contributed by atoms with E-state index in [1.807, 2.05) is 0 Å². The molecule has 0 radical (unpaired) electrons. The summed E-state index contributed by atoms with van der Waals surface area (Å²) < 4.78 is 78.2. The van der Waals surface area contributed by atoms with Gasteiger partial charge in [0.05, 0.1) is 25.4 Å². The van der Waals surface area contributed by atoms with E-state index in [1.165, 1.54) is 5.06 Å². The van der Waals surface area contributed by atoms with Crippen molar-refractivity contribution in [2.45, 2.75) is 30.9 Å². The molecule has 0 spiro atoms. The lowest BCUT2D eigenvalue weighted by atomic mass is 9.97. The van der Waals surface area contributed by atoms with Crippen molar-refractivity contribution in [3.05, 3.63) is 54.1 Å². The van der Waals surface area contributed by atoms with Crippen LogP contribution in [0.15, 0.2) is 48.5 Å². The molecule has 3 N–H and O–H groups in total.